The fourth-order valence-corrected chi connectivity index (χ4v) is 2.77. The second-order valence-electron chi connectivity index (χ2n) is 6.50. The van der Waals surface area contributed by atoms with Gasteiger partial charge in [-0.3, -0.25) is 9.78 Å². The maximum absolute atomic E-state index is 13.6. The molecule has 5 heteroatoms. The number of rotatable bonds is 6. The van der Waals surface area contributed by atoms with Crippen LogP contribution in [0.3, 0.4) is 0 Å². The van der Waals surface area contributed by atoms with Crippen LogP contribution >= 0.6 is 0 Å². The molecule has 2 N–H and O–H groups in total. The van der Waals surface area contributed by atoms with Gasteiger partial charge in [0.05, 0.1) is 17.4 Å². The first-order chi connectivity index (χ1) is 13.0. The molecule has 0 atom stereocenters. The van der Waals surface area contributed by atoms with Gasteiger partial charge in [0.15, 0.2) is 0 Å². The summed E-state index contributed by atoms with van der Waals surface area (Å²) in [5, 5.41) is 6.12. The number of hydrogen-bond acceptors (Lipinski definition) is 3. The summed E-state index contributed by atoms with van der Waals surface area (Å²) in [4.78, 5) is 16.5. The van der Waals surface area contributed by atoms with Gasteiger partial charge in [0.1, 0.15) is 5.82 Å². The van der Waals surface area contributed by atoms with Gasteiger partial charge >= 0.3 is 0 Å². The van der Waals surface area contributed by atoms with Gasteiger partial charge in [-0.25, -0.2) is 4.39 Å². The molecule has 1 amide bonds. The van der Waals surface area contributed by atoms with Gasteiger partial charge in [0.25, 0.3) is 5.91 Å². The molecule has 0 spiro atoms. The number of amides is 1. The quantitative estimate of drug-likeness (QED) is 0.675. The molecule has 4 nitrogen and oxygen atoms in total. The fraction of sp³-hybridized carbons (Fsp3) is 0.182. The van der Waals surface area contributed by atoms with Crippen molar-refractivity contribution in [1.82, 2.24) is 10.3 Å². The lowest BCUT2D eigenvalue weighted by Crippen LogP contribution is -2.26. The summed E-state index contributed by atoms with van der Waals surface area (Å²) < 4.78 is 13.6. The second-order valence-corrected chi connectivity index (χ2v) is 6.50. The van der Waals surface area contributed by atoms with Gasteiger partial charge in [0.2, 0.25) is 0 Å². The Morgan fingerprint density at radius 1 is 1.07 bits per heavy atom. The largest absolute Gasteiger partial charge is 0.354 e. The zero-order valence-corrected chi connectivity index (χ0v) is 15.4. The molecule has 2 aromatic carbocycles. The van der Waals surface area contributed by atoms with Crippen molar-refractivity contribution in [2.24, 2.45) is 0 Å². The van der Waals surface area contributed by atoms with Crippen molar-refractivity contribution in [3.8, 4) is 0 Å². The first kappa shape index (κ1) is 18.6. The van der Waals surface area contributed by atoms with Crippen LogP contribution in [-0.2, 0) is 6.42 Å². The summed E-state index contributed by atoms with van der Waals surface area (Å²) >= 11 is 0. The van der Waals surface area contributed by atoms with Crippen molar-refractivity contribution in [1.29, 1.82) is 0 Å². The number of nitrogens with one attached hydrogen (secondary N) is 2. The molecule has 138 valence electrons. The number of halogens is 1. The predicted molar refractivity (Wildman–Crippen MR) is 106 cm³/mol. The van der Waals surface area contributed by atoms with E-state index in [1.165, 1.54) is 12.3 Å². The van der Waals surface area contributed by atoms with Crippen molar-refractivity contribution < 1.29 is 9.18 Å². The van der Waals surface area contributed by atoms with Gasteiger partial charge in [-0.05, 0) is 55.2 Å². The van der Waals surface area contributed by atoms with E-state index in [0.717, 1.165) is 22.5 Å². The topological polar surface area (TPSA) is 54.0 Å². The van der Waals surface area contributed by atoms with Crippen LogP contribution in [0.25, 0.3) is 0 Å². The standard InChI is InChI=1S/C22H22FN3O/c1-15-7-8-16(2)21(11-15)26-19-12-18(13-24-14-19)22(27)25-10-9-17-5-3-4-6-20(17)23/h3-8,11-14,26H,9-10H2,1-2H3,(H,25,27). The molecule has 0 unspecified atom stereocenters. The number of hydrogen-bond donors (Lipinski definition) is 2. The van der Waals surface area contributed by atoms with Crippen LogP contribution in [0.2, 0.25) is 0 Å². The zero-order chi connectivity index (χ0) is 19.2. The zero-order valence-electron chi connectivity index (χ0n) is 15.4. The molecule has 0 bridgehead atoms. The first-order valence-electron chi connectivity index (χ1n) is 8.84. The smallest absolute Gasteiger partial charge is 0.252 e. The Hall–Kier alpha value is -3.21. The average Bonchev–Trinajstić information content (AvgIpc) is 2.66. The third-order valence-electron chi connectivity index (χ3n) is 4.31. The van der Waals surface area contributed by atoms with E-state index < -0.39 is 0 Å². The van der Waals surface area contributed by atoms with E-state index in [1.54, 1.807) is 30.5 Å². The minimum absolute atomic E-state index is 0.233. The molecule has 1 heterocycles. The molecule has 0 aliphatic carbocycles. The summed E-state index contributed by atoms with van der Waals surface area (Å²) in [6.07, 6.45) is 3.64. The van der Waals surface area contributed by atoms with Crippen LogP contribution in [0.1, 0.15) is 27.0 Å². The Morgan fingerprint density at radius 3 is 2.70 bits per heavy atom. The van der Waals surface area contributed by atoms with Crippen LogP contribution in [0, 0.1) is 19.7 Å². The van der Waals surface area contributed by atoms with Crippen molar-refractivity contribution in [3.63, 3.8) is 0 Å². The molecule has 0 saturated carbocycles. The normalized spacial score (nSPS) is 10.5. The number of benzene rings is 2. The number of aryl methyl sites for hydroxylation is 2. The minimum Gasteiger partial charge on any atom is -0.354 e. The Morgan fingerprint density at radius 2 is 1.89 bits per heavy atom. The van der Waals surface area contributed by atoms with Gasteiger partial charge < -0.3 is 10.6 Å². The third-order valence-corrected chi connectivity index (χ3v) is 4.31. The summed E-state index contributed by atoms with van der Waals surface area (Å²) in [6, 6.07) is 14.5. The van der Waals surface area contributed by atoms with Crippen LogP contribution in [0.5, 0.6) is 0 Å². The first-order valence-corrected chi connectivity index (χ1v) is 8.84. The van der Waals surface area contributed by atoms with Crippen molar-refractivity contribution in [2.75, 3.05) is 11.9 Å². The van der Waals surface area contributed by atoms with Crippen LogP contribution in [0.15, 0.2) is 60.9 Å². The molecule has 27 heavy (non-hydrogen) atoms. The monoisotopic (exact) mass is 363 g/mol. The third kappa shape index (κ3) is 4.91. The van der Waals surface area contributed by atoms with Crippen LogP contribution < -0.4 is 10.6 Å². The molecule has 1 aromatic heterocycles. The van der Waals surface area contributed by atoms with Gasteiger partial charge in [-0.2, -0.15) is 0 Å². The fourth-order valence-electron chi connectivity index (χ4n) is 2.77. The number of anilines is 2. The highest BCUT2D eigenvalue weighted by atomic mass is 19.1. The second kappa shape index (κ2) is 8.45. The Bertz CT molecular complexity index is 956. The number of pyridine rings is 1. The van der Waals surface area contributed by atoms with Crippen molar-refractivity contribution in [3.05, 3.63) is 89.0 Å². The summed E-state index contributed by atoms with van der Waals surface area (Å²) in [5.41, 5.74) is 5.03. The highest BCUT2D eigenvalue weighted by Gasteiger charge is 2.08. The van der Waals surface area contributed by atoms with E-state index in [9.17, 15) is 9.18 Å². The van der Waals surface area contributed by atoms with Gasteiger partial charge in [0, 0.05) is 18.4 Å². The molecule has 0 radical (unpaired) electrons. The van der Waals surface area contributed by atoms with Gasteiger partial charge in [-0.15, -0.1) is 0 Å². The molecule has 0 saturated heterocycles. The van der Waals surface area contributed by atoms with Crippen molar-refractivity contribution >= 4 is 17.3 Å². The number of nitrogens with zero attached hydrogens (tertiary/aromatic N) is 1. The van der Waals surface area contributed by atoms with Crippen LogP contribution in [0.4, 0.5) is 15.8 Å². The lowest BCUT2D eigenvalue weighted by Gasteiger charge is -2.11. The summed E-state index contributed by atoms with van der Waals surface area (Å²) in [7, 11) is 0. The van der Waals surface area contributed by atoms with Crippen LogP contribution in [-0.4, -0.2) is 17.4 Å². The molecule has 3 rings (SSSR count). The number of carbonyl (C=O) groups is 1. The minimum atomic E-state index is -0.256. The highest BCUT2D eigenvalue weighted by Crippen LogP contribution is 2.21. The Balaban J connectivity index is 1.63. The maximum Gasteiger partial charge on any atom is 0.252 e. The molecule has 3 aromatic rings. The lowest BCUT2D eigenvalue weighted by atomic mass is 10.1. The number of aromatic nitrogens is 1. The molecule has 0 aliphatic heterocycles. The van der Waals surface area contributed by atoms with E-state index in [-0.39, 0.29) is 11.7 Å². The van der Waals surface area contributed by atoms with Gasteiger partial charge in [-0.1, -0.05) is 30.3 Å². The molecular formula is C22H22FN3O. The number of carbonyl (C=O) groups excluding carboxylic acids is 1. The molecular weight excluding hydrogens is 341 g/mol. The van der Waals surface area contributed by atoms with E-state index >= 15 is 0 Å². The van der Waals surface area contributed by atoms with E-state index in [2.05, 4.69) is 27.8 Å². The lowest BCUT2D eigenvalue weighted by molar-refractivity contribution is 0.0953. The van der Waals surface area contributed by atoms with E-state index in [0.29, 0.717) is 24.1 Å². The molecule has 0 aliphatic rings. The Kier molecular flexibility index (Phi) is 5.81. The summed E-state index contributed by atoms with van der Waals surface area (Å²) in [5.74, 6) is -0.489. The van der Waals surface area contributed by atoms with E-state index in [4.69, 9.17) is 0 Å². The SMILES string of the molecule is Cc1ccc(C)c(Nc2cncc(C(=O)NCCc3ccccc3F)c2)c1. The highest BCUT2D eigenvalue weighted by molar-refractivity contribution is 5.94. The predicted octanol–water partition coefficient (Wildman–Crippen LogP) is 4.55. The maximum atomic E-state index is 13.6. The summed E-state index contributed by atoms with van der Waals surface area (Å²) in [6.45, 7) is 4.41. The van der Waals surface area contributed by atoms with Crippen molar-refractivity contribution in [2.45, 2.75) is 20.3 Å². The van der Waals surface area contributed by atoms with E-state index in [1.807, 2.05) is 19.9 Å². The average molecular weight is 363 g/mol. The Labute approximate surface area is 158 Å². The molecule has 0 fully saturated rings.